The van der Waals surface area contributed by atoms with E-state index < -0.39 is 0 Å². The number of rotatable bonds is 8. The third-order valence-corrected chi connectivity index (χ3v) is 7.52. The minimum absolute atomic E-state index is 0.153. The first-order chi connectivity index (χ1) is 22.1. The molecule has 0 aliphatic heterocycles. The maximum Gasteiger partial charge on any atom is 0.145 e. The van der Waals surface area contributed by atoms with Gasteiger partial charge in [0.1, 0.15) is 40.9 Å². The number of hydrogen-bond acceptors (Lipinski definition) is 6. The molecule has 2 heterocycles. The van der Waals surface area contributed by atoms with E-state index in [0.29, 0.717) is 51.0 Å². The molecule has 6 aromatic rings. The molecule has 2 aromatic heterocycles. The third-order valence-electron chi connectivity index (χ3n) is 7.20. The fourth-order valence-electron chi connectivity index (χ4n) is 5.07. The SMILES string of the molecule is CC(C)NC(=N)c1ccc2nc(-c3ccc(Oc4ccc(-c5nc6ccc(C(=N)NC(C)C)cc6[nH]5)c(Cl)c4)c(C#N)c3)[nH]c2c1. The molecule has 0 spiro atoms. The summed E-state index contributed by atoms with van der Waals surface area (Å²) >= 11 is 6.69. The maximum atomic E-state index is 9.94. The van der Waals surface area contributed by atoms with Crippen molar-refractivity contribution in [1.29, 1.82) is 16.1 Å². The highest BCUT2D eigenvalue weighted by Crippen LogP contribution is 2.35. The Labute approximate surface area is 270 Å². The van der Waals surface area contributed by atoms with Crippen LogP contribution in [0.2, 0.25) is 5.02 Å². The van der Waals surface area contributed by atoms with Crippen LogP contribution in [0.15, 0.2) is 72.8 Å². The number of nitrogens with one attached hydrogen (secondary N) is 6. The summed E-state index contributed by atoms with van der Waals surface area (Å²) in [6, 6.07) is 24.4. The van der Waals surface area contributed by atoms with Crippen molar-refractivity contribution in [2.24, 2.45) is 0 Å². The molecule has 0 saturated carbocycles. The summed E-state index contributed by atoms with van der Waals surface area (Å²) in [4.78, 5) is 16.0. The Morgan fingerprint density at radius 1 is 0.783 bits per heavy atom. The zero-order valence-corrected chi connectivity index (χ0v) is 26.5. The van der Waals surface area contributed by atoms with Crippen LogP contribution in [0.4, 0.5) is 0 Å². The normalized spacial score (nSPS) is 11.3. The Kier molecular flexibility index (Phi) is 8.17. The second-order valence-corrected chi connectivity index (χ2v) is 12.0. The van der Waals surface area contributed by atoms with Gasteiger partial charge in [0, 0.05) is 40.4 Å². The molecule has 6 rings (SSSR count). The number of hydrogen-bond donors (Lipinski definition) is 6. The third kappa shape index (κ3) is 6.27. The summed E-state index contributed by atoms with van der Waals surface area (Å²) in [7, 11) is 0. The van der Waals surface area contributed by atoms with Crippen molar-refractivity contribution in [1.82, 2.24) is 30.6 Å². The lowest BCUT2D eigenvalue weighted by Crippen LogP contribution is -2.30. The van der Waals surface area contributed by atoms with Crippen LogP contribution in [0.1, 0.15) is 44.4 Å². The molecule has 0 saturated heterocycles. The van der Waals surface area contributed by atoms with E-state index in [1.165, 1.54) is 0 Å². The smallest absolute Gasteiger partial charge is 0.145 e. The van der Waals surface area contributed by atoms with Crippen LogP contribution in [-0.2, 0) is 0 Å². The highest BCUT2D eigenvalue weighted by molar-refractivity contribution is 6.33. The average molecular weight is 630 g/mol. The van der Waals surface area contributed by atoms with Gasteiger partial charge in [0.15, 0.2) is 0 Å². The molecule has 10 nitrogen and oxygen atoms in total. The lowest BCUT2D eigenvalue weighted by atomic mass is 10.1. The van der Waals surface area contributed by atoms with Gasteiger partial charge in [-0.25, -0.2) is 9.97 Å². The number of fused-ring (bicyclic) bond motifs is 2. The van der Waals surface area contributed by atoms with E-state index in [1.807, 2.05) is 76.2 Å². The topological polar surface area (TPSA) is 162 Å². The number of nitrogens with zero attached hydrogens (tertiary/aromatic N) is 3. The molecular weight excluding hydrogens is 598 g/mol. The summed E-state index contributed by atoms with van der Waals surface area (Å²) in [6.07, 6.45) is 0. The van der Waals surface area contributed by atoms with Gasteiger partial charge in [-0.2, -0.15) is 5.26 Å². The van der Waals surface area contributed by atoms with E-state index in [4.69, 9.17) is 27.2 Å². The van der Waals surface area contributed by atoms with Gasteiger partial charge in [0.2, 0.25) is 0 Å². The first kappa shape index (κ1) is 30.4. The summed E-state index contributed by atoms with van der Waals surface area (Å²) in [5, 5.41) is 33.2. The Bertz CT molecular complexity index is 2170. The fraction of sp³-hybridized carbons (Fsp3) is 0.171. The second kappa shape index (κ2) is 12.4. The molecule has 0 bridgehead atoms. The monoisotopic (exact) mass is 629 g/mol. The van der Waals surface area contributed by atoms with Crippen LogP contribution >= 0.6 is 11.6 Å². The number of halogens is 1. The Morgan fingerprint density at radius 2 is 1.37 bits per heavy atom. The Balaban J connectivity index is 1.22. The summed E-state index contributed by atoms with van der Waals surface area (Å²) < 4.78 is 6.10. The zero-order valence-electron chi connectivity index (χ0n) is 25.7. The van der Waals surface area contributed by atoms with Gasteiger partial charge in [-0.05, 0) is 94.4 Å². The quantitative estimate of drug-likeness (QED) is 0.0745. The number of imidazole rings is 2. The van der Waals surface area contributed by atoms with Crippen molar-refractivity contribution in [2.45, 2.75) is 39.8 Å². The van der Waals surface area contributed by atoms with Crippen LogP contribution in [0.25, 0.3) is 44.8 Å². The molecular formula is C35H32ClN9O. The molecule has 0 unspecified atom stereocenters. The van der Waals surface area contributed by atoms with Crippen LogP contribution in [0.5, 0.6) is 11.5 Å². The number of nitriles is 1. The first-order valence-corrected chi connectivity index (χ1v) is 15.2. The number of H-pyrrole nitrogens is 2. The van der Waals surface area contributed by atoms with Crippen molar-refractivity contribution in [3.63, 3.8) is 0 Å². The second-order valence-electron chi connectivity index (χ2n) is 11.5. The molecule has 0 aliphatic carbocycles. The molecule has 0 aliphatic rings. The van der Waals surface area contributed by atoms with Gasteiger partial charge >= 0.3 is 0 Å². The molecule has 46 heavy (non-hydrogen) atoms. The van der Waals surface area contributed by atoms with Crippen molar-refractivity contribution in [3.8, 4) is 40.3 Å². The summed E-state index contributed by atoms with van der Waals surface area (Å²) in [5.74, 6) is 2.75. The number of ether oxygens (including phenoxy) is 1. The zero-order chi connectivity index (χ0) is 32.5. The Morgan fingerprint density at radius 3 is 1.93 bits per heavy atom. The largest absolute Gasteiger partial charge is 0.456 e. The van der Waals surface area contributed by atoms with Gasteiger partial charge in [-0.15, -0.1) is 0 Å². The van der Waals surface area contributed by atoms with Gasteiger partial charge in [-0.1, -0.05) is 11.6 Å². The summed E-state index contributed by atoms with van der Waals surface area (Å²) in [5.41, 5.74) is 6.40. The van der Waals surface area contributed by atoms with Gasteiger partial charge < -0.3 is 25.3 Å². The van der Waals surface area contributed by atoms with Crippen LogP contribution < -0.4 is 15.4 Å². The maximum absolute atomic E-state index is 9.94. The predicted molar refractivity (Wildman–Crippen MR) is 183 cm³/mol. The van der Waals surface area contributed by atoms with Gasteiger partial charge in [-0.3, -0.25) is 10.8 Å². The molecule has 11 heteroatoms. The molecule has 0 radical (unpaired) electrons. The van der Waals surface area contributed by atoms with Crippen molar-refractivity contribution >= 4 is 45.3 Å². The van der Waals surface area contributed by atoms with Crippen LogP contribution in [0, 0.1) is 22.1 Å². The van der Waals surface area contributed by atoms with Crippen LogP contribution in [0.3, 0.4) is 0 Å². The van der Waals surface area contributed by atoms with Gasteiger partial charge in [0.05, 0.1) is 32.7 Å². The van der Waals surface area contributed by atoms with Gasteiger partial charge in [0.25, 0.3) is 0 Å². The molecule has 4 aromatic carbocycles. The van der Waals surface area contributed by atoms with E-state index in [1.54, 1.807) is 24.3 Å². The Hall–Kier alpha value is -5.66. The molecule has 6 N–H and O–H groups in total. The highest BCUT2D eigenvalue weighted by Gasteiger charge is 2.15. The minimum atomic E-state index is 0.153. The van der Waals surface area contributed by atoms with E-state index >= 15 is 0 Å². The van der Waals surface area contributed by atoms with E-state index in [-0.39, 0.29) is 12.1 Å². The van der Waals surface area contributed by atoms with Crippen molar-refractivity contribution < 1.29 is 4.74 Å². The van der Waals surface area contributed by atoms with E-state index in [0.717, 1.165) is 38.8 Å². The summed E-state index contributed by atoms with van der Waals surface area (Å²) in [6.45, 7) is 7.96. The van der Waals surface area contributed by atoms with Crippen LogP contribution in [-0.4, -0.2) is 43.7 Å². The number of aromatic amines is 2. The van der Waals surface area contributed by atoms with E-state index in [9.17, 15) is 5.26 Å². The van der Waals surface area contributed by atoms with E-state index in [2.05, 4.69) is 36.6 Å². The lowest BCUT2D eigenvalue weighted by molar-refractivity contribution is 0.481. The molecule has 230 valence electrons. The van der Waals surface area contributed by atoms with Crippen molar-refractivity contribution in [3.05, 3.63) is 94.5 Å². The average Bonchev–Trinajstić information content (AvgIpc) is 3.64. The predicted octanol–water partition coefficient (Wildman–Crippen LogP) is 7.74. The standard InChI is InChI=1S/C35H32ClN9O/c1-18(2)40-32(38)20-5-10-27-29(14-20)44-34(42-27)22-7-12-31(23(13-22)17-37)46-24-8-9-25(26(36)16-24)35-43-28-11-6-21(15-30(28)45-35)33(39)41-19(3)4/h5-16,18-19H,1-4H3,(H2,38,40)(H2,39,41)(H,42,44)(H,43,45). The fourth-order valence-corrected chi connectivity index (χ4v) is 5.33. The minimum Gasteiger partial charge on any atom is -0.456 e. The lowest BCUT2D eigenvalue weighted by Gasteiger charge is -2.10. The number of benzene rings is 4. The first-order valence-electron chi connectivity index (χ1n) is 14.8. The molecule has 0 fully saturated rings. The molecule has 0 atom stereocenters. The number of amidine groups is 2. The van der Waals surface area contributed by atoms with Crippen molar-refractivity contribution in [2.75, 3.05) is 0 Å². The number of aromatic nitrogens is 4. The molecule has 0 amide bonds. The highest BCUT2D eigenvalue weighted by atomic mass is 35.5.